The van der Waals surface area contributed by atoms with Gasteiger partial charge in [-0.25, -0.2) is 0 Å². The van der Waals surface area contributed by atoms with E-state index in [1.807, 2.05) is 12.1 Å². The number of thiophene rings is 5. The highest BCUT2D eigenvalue weighted by atomic mass is 32.1. The number of carbonyl (C=O) groups excluding carboxylic acids is 4. The fourth-order valence-electron chi connectivity index (χ4n) is 15.4. The van der Waals surface area contributed by atoms with E-state index < -0.39 is 11.2 Å². The van der Waals surface area contributed by atoms with Crippen molar-refractivity contribution in [1.29, 1.82) is 0 Å². The van der Waals surface area contributed by atoms with Crippen molar-refractivity contribution >= 4 is 81.1 Å². The molecule has 7 nitrogen and oxygen atoms in total. The molecule has 3 aliphatic heterocycles. The second-order valence-corrected chi connectivity index (χ2v) is 34.0. The lowest BCUT2D eigenvalue weighted by Gasteiger charge is -2.38. The van der Waals surface area contributed by atoms with E-state index in [-0.39, 0.29) is 17.7 Å². The van der Waals surface area contributed by atoms with Crippen LogP contribution in [0.1, 0.15) is 401 Å². The monoisotopic (exact) mass is 1380 g/mol. The van der Waals surface area contributed by atoms with Crippen LogP contribution in [0.2, 0.25) is 0 Å². The summed E-state index contributed by atoms with van der Waals surface area (Å²) in [6, 6.07) is 8.71. The molecule has 5 aromatic rings. The van der Waals surface area contributed by atoms with Gasteiger partial charge in [-0.05, 0) is 75.8 Å². The van der Waals surface area contributed by atoms with E-state index >= 15 is 9.59 Å². The molecule has 8 rings (SSSR count). The summed E-state index contributed by atoms with van der Waals surface area (Å²) in [5.74, 6) is 1.50. The van der Waals surface area contributed by atoms with E-state index in [9.17, 15) is 9.59 Å². The maximum absolute atomic E-state index is 15.7. The van der Waals surface area contributed by atoms with E-state index in [4.69, 9.17) is 9.47 Å². The predicted molar refractivity (Wildman–Crippen MR) is 407 cm³/mol. The van der Waals surface area contributed by atoms with Crippen LogP contribution in [-0.2, 0) is 11.2 Å². The first kappa shape index (κ1) is 76.3. The van der Waals surface area contributed by atoms with Crippen LogP contribution in [0.4, 0.5) is 0 Å². The highest BCUT2D eigenvalue weighted by Crippen LogP contribution is 2.61. The number of nitrogens with zero attached hydrogens (tertiary/aromatic N) is 1. The highest BCUT2D eigenvalue weighted by Gasteiger charge is 2.48. The minimum absolute atomic E-state index is 0.172. The van der Waals surface area contributed by atoms with Gasteiger partial charge in [0.15, 0.2) is 12.6 Å². The average molecular weight is 1380 g/mol. The number of aldehydes is 2. The molecule has 0 saturated carbocycles. The van der Waals surface area contributed by atoms with Crippen LogP contribution in [0.5, 0.6) is 11.5 Å². The van der Waals surface area contributed by atoms with Gasteiger partial charge in [0.25, 0.3) is 11.8 Å². The second kappa shape index (κ2) is 41.2. The average Bonchev–Trinajstić information content (AvgIpc) is 1.55. The molecule has 522 valence electrons. The van der Waals surface area contributed by atoms with Crippen LogP contribution >= 0.6 is 56.7 Å². The number of ether oxygens (including phenoxy) is 2. The quantitative estimate of drug-likeness (QED) is 0.0219. The summed E-state index contributed by atoms with van der Waals surface area (Å²) in [6.45, 7) is 14.0. The largest absolute Gasteiger partial charge is 0.481 e. The number of unbranched alkanes of at least 4 members (excludes halogenated alkanes) is 37. The molecule has 0 aromatic carbocycles. The molecule has 0 bridgehead atoms. The second-order valence-electron chi connectivity index (χ2n) is 28.7. The summed E-state index contributed by atoms with van der Waals surface area (Å²) in [7, 11) is 0. The van der Waals surface area contributed by atoms with E-state index in [0.717, 1.165) is 166 Å². The van der Waals surface area contributed by atoms with Crippen LogP contribution in [-0.4, -0.2) is 35.8 Å². The Morgan fingerprint density at radius 2 is 0.660 bits per heavy atom. The van der Waals surface area contributed by atoms with Crippen molar-refractivity contribution in [3.05, 3.63) is 56.3 Å². The Morgan fingerprint density at radius 1 is 0.362 bits per heavy atom. The van der Waals surface area contributed by atoms with Gasteiger partial charge in [0.1, 0.15) is 22.7 Å². The first-order chi connectivity index (χ1) is 46.1. The number of hydrogen-bond donors (Lipinski definition) is 0. The fourth-order valence-corrected chi connectivity index (χ4v) is 21.5. The predicted octanol–water partition coefficient (Wildman–Crippen LogP) is 28.5. The van der Waals surface area contributed by atoms with Crippen molar-refractivity contribution in [2.24, 2.45) is 5.92 Å². The zero-order chi connectivity index (χ0) is 66.4. The lowest BCUT2D eigenvalue weighted by Crippen LogP contribution is -2.35. The van der Waals surface area contributed by atoms with Gasteiger partial charge in [0.2, 0.25) is 0 Å². The molecule has 3 aliphatic rings. The zero-order valence-corrected chi connectivity index (χ0v) is 63.7. The van der Waals surface area contributed by atoms with Crippen molar-refractivity contribution in [3.8, 4) is 50.5 Å². The molecule has 12 heteroatoms. The SMILES string of the molecule is CCCCCCCCCCCCC1(CCCCCCCCCCCC)Oc2cc(C=O)sc2-c2sc(-c3sc(-c4cc5c(s4)-c4sc(C=O)cc4OC5(CCCCCCCCCCCC)CCCCCCCCCCCC)c4c3C(=O)N(CC(CC)CCCC)C4=O)cc21. The zero-order valence-electron chi connectivity index (χ0n) is 59.6. The van der Waals surface area contributed by atoms with Gasteiger partial charge in [0, 0.05) is 39.6 Å². The molecule has 1 atom stereocenters. The normalized spacial score (nSPS) is 14.6. The highest BCUT2D eigenvalue weighted by molar-refractivity contribution is 7.30. The molecular formula is C82H123NO6S5. The smallest absolute Gasteiger partial charge is 0.263 e. The number of hydrogen-bond acceptors (Lipinski definition) is 11. The number of imide groups is 1. The first-order valence-electron chi connectivity index (χ1n) is 39.0. The van der Waals surface area contributed by atoms with Gasteiger partial charge >= 0.3 is 0 Å². The van der Waals surface area contributed by atoms with E-state index in [2.05, 4.69) is 53.7 Å². The van der Waals surface area contributed by atoms with Gasteiger partial charge in [0.05, 0.1) is 50.1 Å². The van der Waals surface area contributed by atoms with Gasteiger partial charge in [-0.2, -0.15) is 0 Å². The molecule has 8 heterocycles. The summed E-state index contributed by atoms with van der Waals surface area (Å²) >= 11 is 8.15. The lowest BCUT2D eigenvalue weighted by atomic mass is 9.81. The Kier molecular flexibility index (Phi) is 33.5. The third-order valence-electron chi connectivity index (χ3n) is 21.1. The third-order valence-corrected chi connectivity index (χ3v) is 27.4. The number of carbonyl (C=O) groups is 4. The van der Waals surface area contributed by atoms with Crippen LogP contribution in [0, 0.1) is 5.92 Å². The Balaban J connectivity index is 1.18. The third kappa shape index (κ3) is 20.8. The van der Waals surface area contributed by atoms with Crippen molar-refractivity contribution in [3.63, 3.8) is 0 Å². The molecule has 0 saturated heterocycles. The molecule has 1 unspecified atom stereocenters. The number of fused-ring (bicyclic) bond motifs is 7. The van der Waals surface area contributed by atoms with Crippen molar-refractivity contribution < 1.29 is 28.7 Å². The molecular weight excluding hydrogens is 1260 g/mol. The van der Waals surface area contributed by atoms with Gasteiger partial charge in [-0.3, -0.25) is 24.1 Å². The summed E-state index contributed by atoms with van der Waals surface area (Å²) in [5, 5.41) is 0. The van der Waals surface area contributed by atoms with Gasteiger partial charge in [-0.1, -0.05) is 292 Å². The topological polar surface area (TPSA) is 90.0 Å². The van der Waals surface area contributed by atoms with Crippen molar-refractivity contribution in [1.82, 2.24) is 4.90 Å². The summed E-state index contributed by atoms with van der Waals surface area (Å²) in [6.07, 6.45) is 60.1. The van der Waals surface area contributed by atoms with Crippen molar-refractivity contribution in [2.45, 2.75) is 361 Å². The fraction of sp³-hybridized carbons (Fsp3) is 0.707. The molecule has 0 fully saturated rings. The first-order valence-corrected chi connectivity index (χ1v) is 43.1. The van der Waals surface area contributed by atoms with Gasteiger partial charge < -0.3 is 9.47 Å². The molecule has 0 N–H and O–H groups in total. The van der Waals surface area contributed by atoms with E-state index in [0.29, 0.717) is 27.4 Å². The maximum atomic E-state index is 15.7. The molecule has 0 radical (unpaired) electrons. The Labute approximate surface area is 590 Å². The minimum atomic E-state index is -0.585. The van der Waals surface area contributed by atoms with Crippen LogP contribution in [0.15, 0.2) is 24.3 Å². The standard InChI is InChI=1S/C82H123NO6S5/c1-7-13-18-22-26-30-34-38-42-46-51-81(52-47-43-39-35-31-27-23-19-14-8-2)65-57-69(92-73(65)75-67(88-81)55-63(60-84)90-75)77-71-72(80(87)83(79(71)86)59-62(12-6)50-17-11-5)78(94-77)70-58-66-74(93-70)76-68(56-64(61-85)91-76)89-82(66,53-48-44-40-36-32-28-24-20-15-9-3)54-49-45-41-37-33-29-25-21-16-10-4/h55-58,60-62H,7-54,59H2,1-6H3. The Morgan fingerprint density at radius 3 is 0.947 bits per heavy atom. The summed E-state index contributed by atoms with van der Waals surface area (Å²) in [4.78, 5) is 67.8. The van der Waals surface area contributed by atoms with Crippen LogP contribution in [0.25, 0.3) is 39.0 Å². The molecule has 94 heavy (non-hydrogen) atoms. The minimum Gasteiger partial charge on any atom is -0.481 e. The summed E-state index contributed by atoms with van der Waals surface area (Å²) in [5.41, 5.74) is 2.32. The summed E-state index contributed by atoms with van der Waals surface area (Å²) < 4.78 is 15.0. The molecule has 0 aliphatic carbocycles. The lowest BCUT2D eigenvalue weighted by molar-refractivity contribution is 0.0395. The Bertz CT molecular complexity index is 2800. The molecule has 5 aromatic heterocycles. The maximum Gasteiger partial charge on any atom is 0.263 e. The van der Waals surface area contributed by atoms with E-state index in [1.54, 1.807) is 38.9 Å². The van der Waals surface area contributed by atoms with Crippen LogP contribution < -0.4 is 9.47 Å². The number of rotatable bonds is 54. The van der Waals surface area contributed by atoms with E-state index in [1.165, 1.54) is 239 Å². The molecule has 0 spiro atoms. The Hall–Kier alpha value is -3.42. The number of amides is 2. The molecule has 2 amide bonds. The van der Waals surface area contributed by atoms with Gasteiger partial charge in [-0.15, -0.1) is 56.7 Å². The van der Waals surface area contributed by atoms with Crippen LogP contribution in [0.3, 0.4) is 0 Å². The van der Waals surface area contributed by atoms with Crippen molar-refractivity contribution in [2.75, 3.05) is 6.54 Å².